The van der Waals surface area contributed by atoms with Crippen LogP contribution in [-0.2, 0) is 0 Å². The number of para-hydroxylation sites is 1. The van der Waals surface area contributed by atoms with Crippen LogP contribution < -0.4 is 10.5 Å². The molecule has 1 aliphatic rings. The van der Waals surface area contributed by atoms with Crippen LogP contribution in [0.4, 0.5) is 5.95 Å². The summed E-state index contributed by atoms with van der Waals surface area (Å²) in [6.45, 7) is 4.24. The minimum atomic E-state index is -0.0436. The van der Waals surface area contributed by atoms with Crippen LogP contribution in [0.1, 0.15) is 26.2 Å². The van der Waals surface area contributed by atoms with Crippen molar-refractivity contribution in [2.75, 3.05) is 18.0 Å². The molecule has 1 aliphatic heterocycles. The van der Waals surface area contributed by atoms with Crippen molar-refractivity contribution in [1.82, 2.24) is 9.97 Å². The van der Waals surface area contributed by atoms with E-state index in [1.807, 2.05) is 24.3 Å². The summed E-state index contributed by atoms with van der Waals surface area (Å²) in [5.41, 5.74) is 0.733. The number of H-pyrrole nitrogens is 1. The number of benzene rings is 1. The van der Waals surface area contributed by atoms with E-state index < -0.39 is 0 Å². The van der Waals surface area contributed by atoms with Gasteiger partial charge in [-0.15, -0.1) is 0 Å². The Labute approximate surface area is 112 Å². The van der Waals surface area contributed by atoms with E-state index in [-0.39, 0.29) is 5.56 Å². The molecule has 19 heavy (non-hydrogen) atoms. The van der Waals surface area contributed by atoms with Crippen LogP contribution in [0.25, 0.3) is 10.9 Å². The van der Waals surface area contributed by atoms with Gasteiger partial charge in [0.2, 0.25) is 5.95 Å². The third-order valence-electron chi connectivity index (χ3n) is 3.92. The first-order chi connectivity index (χ1) is 9.24. The third kappa shape index (κ3) is 2.48. The van der Waals surface area contributed by atoms with Gasteiger partial charge in [0, 0.05) is 13.1 Å². The molecule has 4 heteroatoms. The Morgan fingerprint density at radius 3 is 3.00 bits per heavy atom. The SMILES string of the molecule is C[C@@H]1CCCN(c2nc3ccccc3c(=O)[nH]2)CC1. The Balaban J connectivity index is 1.98. The molecule has 1 saturated heterocycles. The Bertz CT molecular complexity index is 635. The topological polar surface area (TPSA) is 49.0 Å². The zero-order valence-electron chi connectivity index (χ0n) is 11.2. The van der Waals surface area contributed by atoms with Crippen LogP contribution in [0.2, 0.25) is 0 Å². The first kappa shape index (κ1) is 12.2. The lowest BCUT2D eigenvalue weighted by molar-refractivity contribution is 0.521. The first-order valence-electron chi connectivity index (χ1n) is 6.98. The second-order valence-electron chi connectivity index (χ2n) is 5.43. The van der Waals surface area contributed by atoms with E-state index >= 15 is 0 Å². The van der Waals surface area contributed by atoms with Gasteiger partial charge >= 0.3 is 0 Å². The van der Waals surface area contributed by atoms with Gasteiger partial charge in [-0.3, -0.25) is 9.78 Å². The molecule has 2 aromatic rings. The molecule has 0 radical (unpaired) electrons. The molecule has 3 rings (SSSR count). The van der Waals surface area contributed by atoms with Gasteiger partial charge in [-0.1, -0.05) is 19.1 Å². The maximum Gasteiger partial charge on any atom is 0.260 e. The average Bonchev–Trinajstić information content (AvgIpc) is 2.63. The van der Waals surface area contributed by atoms with Crippen LogP contribution in [0.3, 0.4) is 0 Å². The van der Waals surface area contributed by atoms with Crippen molar-refractivity contribution in [3.8, 4) is 0 Å². The fourth-order valence-corrected chi connectivity index (χ4v) is 2.70. The Hall–Kier alpha value is -1.84. The number of rotatable bonds is 1. The molecule has 1 fully saturated rings. The average molecular weight is 257 g/mol. The fraction of sp³-hybridized carbons (Fsp3) is 0.467. The lowest BCUT2D eigenvalue weighted by atomic mass is 10.0. The van der Waals surface area contributed by atoms with E-state index in [9.17, 15) is 4.79 Å². The van der Waals surface area contributed by atoms with Crippen LogP contribution in [0.15, 0.2) is 29.1 Å². The second-order valence-corrected chi connectivity index (χ2v) is 5.43. The van der Waals surface area contributed by atoms with Crippen molar-refractivity contribution in [3.05, 3.63) is 34.6 Å². The number of nitrogens with zero attached hydrogens (tertiary/aromatic N) is 2. The third-order valence-corrected chi connectivity index (χ3v) is 3.92. The van der Waals surface area contributed by atoms with Gasteiger partial charge in [-0.2, -0.15) is 0 Å². The summed E-state index contributed by atoms with van der Waals surface area (Å²) < 4.78 is 0. The molecule has 0 unspecified atom stereocenters. The summed E-state index contributed by atoms with van der Waals surface area (Å²) in [6, 6.07) is 7.50. The minimum Gasteiger partial charge on any atom is -0.342 e. The van der Waals surface area contributed by atoms with Crippen LogP contribution in [0, 0.1) is 5.92 Å². The largest absolute Gasteiger partial charge is 0.342 e. The van der Waals surface area contributed by atoms with Crippen molar-refractivity contribution in [2.24, 2.45) is 5.92 Å². The van der Waals surface area contributed by atoms with E-state index in [1.165, 1.54) is 6.42 Å². The molecule has 0 amide bonds. The smallest absolute Gasteiger partial charge is 0.260 e. The standard InChI is InChI=1S/C15H19N3O/c1-11-5-4-9-18(10-8-11)15-16-13-7-3-2-6-12(13)14(19)17-15/h2-3,6-7,11H,4-5,8-10H2,1H3,(H,16,17,19)/t11-/m1/s1. The maximum absolute atomic E-state index is 12.1. The molecule has 0 aliphatic carbocycles. The summed E-state index contributed by atoms with van der Waals surface area (Å²) in [4.78, 5) is 21.8. The highest BCUT2D eigenvalue weighted by atomic mass is 16.1. The summed E-state index contributed by atoms with van der Waals surface area (Å²) in [5.74, 6) is 1.48. The summed E-state index contributed by atoms with van der Waals surface area (Å²) in [7, 11) is 0. The molecule has 0 bridgehead atoms. The lowest BCUT2D eigenvalue weighted by Gasteiger charge is -2.21. The predicted molar refractivity (Wildman–Crippen MR) is 77.6 cm³/mol. The fourth-order valence-electron chi connectivity index (χ4n) is 2.70. The van der Waals surface area contributed by atoms with Crippen LogP contribution >= 0.6 is 0 Å². The van der Waals surface area contributed by atoms with Crippen molar-refractivity contribution in [2.45, 2.75) is 26.2 Å². The lowest BCUT2D eigenvalue weighted by Crippen LogP contribution is -2.28. The normalized spacial score (nSPS) is 20.5. The highest BCUT2D eigenvalue weighted by Crippen LogP contribution is 2.20. The zero-order chi connectivity index (χ0) is 13.2. The molecule has 1 aromatic heterocycles. The molecule has 1 N–H and O–H groups in total. The number of aromatic amines is 1. The molecule has 2 heterocycles. The number of hydrogen-bond donors (Lipinski definition) is 1. The molecule has 4 nitrogen and oxygen atoms in total. The van der Waals surface area contributed by atoms with Gasteiger partial charge in [0.1, 0.15) is 0 Å². The van der Waals surface area contributed by atoms with Crippen molar-refractivity contribution in [1.29, 1.82) is 0 Å². The summed E-state index contributed by atoms with van der Waals surface area (Å²) in [5, 5.41) is 0.662. The maximum atomic E-state index is 12.1. The molecule has 0 saturated carbocycles. The van der Waals surface area contributed by atoms with E-state index in [1.54, 1.807) is 0 Å². The van der Waals surface area contributed by atoms with Gasteiger partial charge in [-0.05, 0) is 37.3 Å². The van der Waals surface area contributed by atoms with Gasteiger partial charge < -0.3 is 4.90 Å². The van der Waals surface area contributed by atoms with Crippen LogP contribution in [-0.4, -0.2) is 23.1 Å². The van der Waals surface area contributed by atoms with Gasteiger partial charge in [0.15, 0.2) is 0 Å². The molecule has 1 atom stereocenters. The van der Waals surface area contributed by atoms with E-state index in [0.717, 1.165) is 43.3 Å². The quantitative estimate of drug-likeness (QED) is 0.854. The molecule has 100 valence electrons. The van der Waals surface area contributed by atoms with E-state index in [4.69, 9.17) is 0 Å². The molecule has 0 spiro atoms. The zero-order valence-corrected chi connectivity index (χ0v) is 11.2. The number of anilines is 1. The summed E-state index contributed by atoms with van der Waals surface area (Å²) >= 11 is 0. The predicted octanol–water partition coefficient (Wildman–Crippen LogP) is 2.55. The minimum absolute atomic E-state index is 0.0436. The Kier molecular flexibility index (Phi) is 3.23. The van der Waals surface area contributed by atoms with E-state index in [0.29, 0.717) is 5.39 Å². The first-order valence-corrected chi connectivity index (χ1v) is 6.98. The number of aromatic nitrogens is 2. The highest BCUT2D eigenvalue weighted by Gasteiger charge is 2.16. The van der Waals surface area contributed by atoms with Crippen LogP contribution in [0.5, 0.6) is 0 Å². The summed E-state index contributed by atoms with van der Waals surface area (Å²) in [6.07, 6.45) is 3.59. The van der Waals surface area contributed by atoms with Gasteiger partial charge in [-0.25, -0.2) is 4.98 Å². The second kappa shape index (κ2) is 5.03. The van der Waals surface area contributed by atoms with Gasteiger partial charge in [0.05, 0.1) is 10.9 Å². The van der Waals surface area contributed by atoms with Gasteiger partial charge in [0.25, 0.3) is 5.56 Å². The Morgan fingerprint density at radius 2 is 2.11 bits per heavy atom. The van der Waals surface area contributed by atoms with E-state index in [2.05, 4.69) is 21.8 Å². The molecular formula is C15H19N3O. The highest BCUT2D eigenvalue weighted by molar-refractivity contribution is 5.78. The molecular weight excluding hydrogens is 238 g/mol. The van der Waals surface area contributed by atoms with Crippen molar-refractivity contribution >= 4 is 16.9 Å². The van der Waals surface area contributed by atoms with Crippen molar-refractivity contribution in [3.63, 3.8) is 0 Å². The number of hydrogen-bond acceptors (Lipinski definition) is 3. The molecule has 1 aromatic carbocycles. The Morgan fingerprint density at radius 1 is 1.26 bits per heavy atom. The van der Waals surface area contributed by atoms with Crippen molar-refractivity contribution < 1.29 is 0 Å². The monoisotopic (exact) mass is 257 g/mol. The number of nitrogens with one attached hydrogen (secondary N) is 1. The number of fused-ring (bicyclic) bond motifs is 1.